The van der Waals surface area contributed by atoms with Crippen LogP contribution in [0.4, 0.5) is 0 Å². The van der Waals surface area contributed by atoms with Crippen molar-refractivity contribution in [2.75, 3.05) is 33.8 Å². The summed E-state index contributed by atoms with van der Waals surface area (Å²) in [7, 11) is 3.55. The molecule has 1 aromatic rings. The molecule has 0 N–H and O–H groups in total. The summed E-state index contributed by atoms with van der Waals surface area (Å²) in [5.41, 5.74) is 1.14. The van der Waals surface area contributed by atoms with Crippen molar-refractivity contribution in [3.05, 3.63) is 16.1 Å². The van der Waals surface area contributed by atoms with Crippen molar-refractivity contribution < 1.29 is 9.53 Å². The van der Waals surface area contributed by atoms with Crippen molar-refractivity contribution in [1.82, 2.24) is 14.8 Å². The van der Waals surface area contributed by atoms with Crippen LogP contribution >= 0.6 is 11.3 Å². The van der Waals surface area contributed by atoms with Crippen LogP contribution in [0.2, 0.25) is 0 Å². The van der Waals surface area contributed by atoms with Gasteiger partial charge in [0.15, 0.2) is 0 Å². The van der Waals surface area contributed by atoms with E-state index in [1.807, 2.05) is 0 Å². The fourth-order valence-corrected chi connectivity index (χ4v) is 4.25. The lowest BCUT2D eigenvalue weighted by Crippen LogP contribution is -2.49. The van der Waals surface area contributed by atoms with Gasteiger partial charge < -0.3 is 9.64 Å². The maximum atomic E-state index is 12.0. The lowest BCUT2D eigenvalue weighted by molar-refractivity contribution is -0.147. The lowest BCUT2D eigenvalue weighted by atomic mass is 10.1. The van der Waals surface area contributed by atoms with Gasteiger partial charge in [-0.25, -0.2) is 4.98 Å². The van der Waals surface area contributed by atoms with Gasteiger partial charge in [0.05, 0.1) is 17.3 Å². The Kier molecular flexibility index (Phi) is 5.10. The Labute approximate surface area is 136 Å². The van der Waals surface area contributed by atoms with Crippen LogP contribution in [0.5, 0.6) is 0 Å². The number of ether oxygens (including phenoxy) is 1. The third kappa shape index (κ3) is 3.67. The quantitative estimate of drug-likeness (QED) is 0.851. The molecule has 0 radical (unpaired) electrons. The zero-order valence-corrected chi connectivity index (χ0v) is 14.3. The zero-order chi connectivity index (χ0) is 15.5. The Balaban J connectivity index is 1.57. The number of nitrogens with zero attached hydrogens (tertiary/aromatic N) is 3. The highest BCUT2D eigenvalue weighted by Crippen LogP contribution is 2.35. The second-order valence-corrected chi connectivity index (χ2v) is 7.38. The third-order valence-corrected chi connectivity index (χ3v) is 5.58. The normalized spacial score (nSPS) is 23.8. The van der Waals surface area contributed by atoms with Crippen LogP contribution in [-0.2, 0) is 16.1 Å². The fraction of sp³-hybridized carbons (Fsp3) is 0.750. The number of carbonyl (C=O) groups is 1. The number of aromatic nitrogens is 1. The van der Waals surface area contributed by atoms with E-state index in [1.165, 1.54) is 30.7 Å². The number of morpholine rings is 1. The van der Waals surface area contributed by atoms with E-state index < -0.39 is 0 Å². The van der Waals surface area contributed by atoms with E-state index in [-0.39, 0.29) is 12.0 Å². The average molecular weight is 323 g/mol. The number of thiazole rings is 1. The Morgan fingerprint density at radius 3 is 2.95 bits per heavy atom. The average Bonchev–Trinajstić information content (AvgIpc) is 3.17. The van der Waals surface area contributed by atoms with Crippen molar-refractivity contribution in [2.24, 2.45) is 0 Å². The van der Waals surface area contributed by atoms with Crippen molar-refractivity contribution in [3.8, 4) is 0 Å². The van der Waals surface area contributed by atoms with Gasteiger partial charge in [0.2, 0.25) is 0 Å². The summed E-state index contributed by atoms with van der Waals surface area (Å²) in [6, 6.07) is 0. The number of rotatable bonds is 4. The largest absolute Gasteiger partial charge is 0.366 e. The van der Waals surface area contributed by atoms with Gasteiger partial charge >= 0.3 is 0 Å². The second kappa shape index (κ2) is 7.06. The molecule has 1 saturated heterocycles. The summed E-state index contributed by atoms with van der Waals surface area (Å²) >= 11 is 1.80. The summed E-state index contributed by atoms with van der Waals surface area (Å²) in [5, 5.41) is 3.49. The highest BCUT2D eigenvalue weighted by Gasteiger charge is 2.28. The van der Waals surface area contributed by atoms with Crippen LogP contribution in [0.15, 0.2) is 5.38 Å². The van der Waals surface area contributed by atoms with Crippen molar-refractivity contribution in [1.29, 1.82) is 0 Å². The van der Waals surface area contributed by atoms with Gasteiger partial charge in [0.25, 0.3) is 5.91 Å². The van der Waals surface area contributed by atoms with Crippen LogP contribution < -0.4 is 0 Å². The Morgan fingerprint density at radius 1 is 1.45 bits per heavy atom. The Bertz CT molecular complexity index is 511. The molecular formula is C16H25N3O2S. The molecule has 2 fully saturated rings. The standard InChI is InChI=1S/C16H25N3O2S/c1-18(2)16(20)14-10-19(7-8-21-14)9-13-11-22-15(17-13)12-5-3-4-6-12/h11-12,14H,3-10H2,1-2H3. The SMILES string of the molecule is CN(C)C(=O)C1CN(Cc2csc(C3CCCC3)n2)CCO1. The molecule has 1 aromatic heterocycles. The molecule has 5 nitrogen and oxygen atoms in total. The fourth-order valence-electron chi connectivity index (χ4n) is 3.27. The van der Waals surface area contributed by atoms with E-state index in [0.717, 1.165) is 18.8 Å². The van der Waals surface area contributed by atoms with Gasteiger partial charge in [0, 0.05) is 45.0 Å². The summed E-state index contributed by atoms with van der Waals surface area (Å²) < 4.78 is 5.60. The molecule has 0 spiro atoms. The first kappa shape index (κ1) is 15.9. The van der Waals surface area contributed by atoms with Gasteiger partial charge in [-0.05, 0) is 12.8 Å². The molecule has 1 aliphatic carbocycles. The predicted molar refractivity (Wildman–Crippen MR) is 87.0 cm³/mol. The Hall–Kier alpha value is -0.980. The Morgan fingerprint density at radius 2 is 2.23 bits per heavy atom. The zero-order valence-electron chi connectivity index (χ0n) is 13.5. The van der Waals surface area contributed by atoms with Gasteiger partial charge in [-0.2, -0.15) is 0 Å². The van der Waals surface area contributed by atoms with Crippen molar-refractivity contribution in [2.45, 2.75) is 44.2 Å². The minimum absolute atomic E-state index is 0.0506. The van der Waals surface area contributed by atoms with Crippen LogP contribution in [-0.4, -0.2) is 60.6 Å². The molecule has 1 saturated carbocycles. The van der Waals surface area contributed by atoms with Crippen LogP contribution in [0.3, 0.4) is 0 Å². The molecule has 1 atom stereocenters. The van der Waals surface area contributed by atoms with E-state index >= 15 is 0 Å². The van der Waals surface area contributed by atoms with Gasteiger partial charge in [-0.3, -0.25) is 9.69 Å². The van der Waals surface area contributed by atoms with Gasteiger partial charge in [-0.15, -0.1) is 11.3 Å². The third-order valence-electron chi connectivity index (χ3n) is 4.53. The minimum atomic E-state index is -0.336. The maximum Gasteiger partial charge on any atom is 0.252 e. The highest BCUT2D eigenvalue weighted by molar-refractivity contribution is 7.09. The first-order valence-corrected chi connectivity index (χ1v) is 9.01. The first-order valence-electron chi connectivity index (χ1n) is 8.13. The molecule has 0 aromatic carbocycles. The number of hydrogen-bond acceptors (Lipinski definition) is 5. The molecule has 22 heavy (non-hydrogen) atoms. The second-order valence-electron chi connectivity index (χ2n) is 6.49. The summed E-state index contributed by atoms with van der Waals surface area (Å²) in [6.07, 6.45) is 4.94. The predicted octanol–water partition coefficient (Wildman–Crippen LogP) is 2.09. The summed E-state index contributed by atoms with van der Waals surface area (Å²) in [4.78, 5) is 20.8. The number of likely N-dealkylation sites (N-methyl/N-ethyl adjacent to an activating group) is 1. The molecule has 2 aliphatic rings. The number of hydrogen-bond donors (Lipinski definition) is 0. The smallest absolute Gasteiger partial charge is 0.252 e. The molecule has 6 heteroatoms. The number of amides is 1. The van der Waals surface area contributed by atoms with E-state index in [4.69, 9.17) is 9.72 Å². The molecule has 1 amide bonds. The monoisotopic (exact) mass is 323 g/mol. The summed E-state index contributed by atoms with van der Waals surface area (Å²) in [6.45, 7) is 2.97. The van der Waals surface area contributed by atoms with Crippen molar-refractivity contribution in [3.63, 3.8) is 0 Å². The van der Waals surface area contributed by atoms with Crippen LogP contribution in [0, 0.1) is 0 Å². The van der Waals surface area contributed by atoms with Gasteiger partial charge in [-0.1, -0.05) is 12.8 Å². The topological polar surface area (TPSA) is 45.7 Å². The van der Waals surface area contributed by atoms with E-state index in [9.17, 15) is 4.79 Å². The molecule has 0 bridgehead atoms. The molecule has 122 valence electrons. The van der Waals surface area contributed by atoms with Crippen LogP contribution in [0.25, 0.3) is 0 Å². The lowest BCUT2D eigenvalue weighted by Gasteiger charge is -2.32. The van der Waals surface area contributed by atoms with Crippen LogP contribution in [0.1, 0.15) is 42.3 Å². The molecule has 2 heterocycles. The van der Waals surface area contributed by atoms with E-state index in [1.54, 1.807) is 30.3 Å². The molecule has 3 rings (SSSR count). The molecular weight excluding hydrogens is 298 g/mol. The minimum Gasteiger partial charge on any atom is -0.366 e. The summed E-state index contributed by atoms with van der Waals surface area (Å²) in [5.74, 6) is 0.737. The first-order chi connectivity index (χ1) is 10.6. The van der Waals surface area contributed by atoms with Gasteiger partial charge in [0.1, 0.15) is 6.10 Å². The number of carbonyl (C=O) groups excluding carboxylic acids is 1. The van der Waals surface area contributed by atoms with E-state index in [2.05, 4.69) is 10.3 Å². The molecule has 1 aliphatic heterocycles. The maximum absolute atomic E-state index is 12.0. The van der Waals surface area contributed by atoms with Crippen molar-refractivity contribution >= 4 is 17.2 Å². The highest BCUT2D eigenvalue weighted by atomic mass is 32.1. The van der Waals surface area contributed by atoms with E-state index in [0.29, 0.717) is 19.1 Å². The molecule has 1 unspecified atom stereocenters.